The van der Waals surface area contributed by atoms with E-state index in [9.17, 15) is 9.00 Å². The Labute approximate surface area is 166 Å². The monoisotopic (exact) mass is 416 g/mol. The molecule has 0 aliphatic heterocycles. The van der Waals surface area contributed by atoms with E-state index in [4.69, 9.17) is 20.9 Å². The first-order valence-electron chi connectivity index (χ1n) is 8.01. The van der Waals surface area contributed by atoms with E-state index in [1.54, 1.807) is 36.4 Å². The third-order valence-electron chi connectivity index (χ3n) is 3.99. The van der Waals surface area contributed by atoms with Crippen molar-refractivity contribution in [2.45, 2.75) is 4.90 Å². The lowest BCUT2D eigenvalue weighted by atomic mass is 10.2. The molecule has 0 spiro atoms. The van der Waals surface area contributed by atoms with Gasteiger partial charge in [-0.3, -0.25) is 14.1 Å². The average Bonchev–Trinajstić information content (AvgIpc) is 3.20. The maximum Gasteiger partial charge on any atom is 0.255 e. The van der Waals surface area contributed by atoms with Crippen LogP contribution >= 0.6 is 11.6 Å². The van der Waals surface area contributed by atoms with E-state index >= 15 is 0 Å². The molecule has 1 atom stereocenters. The van der Waals surface area contributed by atoms with E-state index in [0.29, 0.717) is 33.1 Å². The third kappa shape index (κ3) is 3.37. The number of methoxy groups -OCH3 is 1. The Hall–Kier alpha value is -3.17. The van der Waals surface area contributed by atoms with Crippen LogP contribution in [0, 0.1) is 0 Å². The van der Waals surface area contributed by atoms with Gasteiger partial charge in [-0.15, -0.1) is 0 Å². The summed E-state index contributed by atoms with van der Waals surface area (Å²) in [5.41, 5.74) is 0.811. The molecule has 0 bridgehead atoms. The van der Waals surface area contributed by atoms with Gasteiger partial charge < -0.3 is 9.26 Å². The number of nitrogens with one attached hydrogen (secondary N) is 1. The van der Waals surface area contributed by atoms with Gasteiger partial charge in [0.15, 0.2) is 22.6 Å². The number of aromatic nitrogens is 3. The van der Waals surface area contributed by atoms with Gasteiger partial charge in [0.2, 0.25) is 0 Å². The van der Waals surface area contributed by atoms with Gasteiger partial charge in [0, 0.05) is 23.6 Å². The molecule has 0 fully saturated rings. The highest BCUT2D eigenvalue weighted by molar-refractivity contribution is 7.86. The zero-order valence-electron chi connectivity index (χ0n) is 14.5. The third-order valence-corrected chi connectivity index (χ3v) is 5.27. The number of ether oxygens (including phenoxy) is 1. The minimum absolute atomic E-state index is 0.231. The molecule has 4 rings (SSSR count). The van der Waals surface area contributed by atoms with E-state index < -0.39 is 11.0 Å². The predicted molar refractivity (Wildman–Crippen MR) is 105 cm³/mol. The van der Waals surface area contributed by atoms with Gasteiger partial charge in [0.05, 0.1) is 29.4 Å². The fourth-order valence-corrected chi connectivity index (χ4v) is 3.74. The molecule has 8 nitrogen and oxygen atoms in total. The van der Waals surface area contributed by atoms with Crippen LogP contribution in [0.3, 0.4) is 0 Å². The lowest BCUT2D eigenvalue weighted by Crippen LogP contribution is -2.18. The number of rotatable bonds is 5. The quantitative estimate of drug-likeness (QED) is 0.501. The Kier molecular flexibility index (Phi) is 4.84. The van der Waals surface area contributed by atoms with Crippen LogP contribution in [0.1, 0.15) is 0 Å². The number of benzene rings is 1. The summed E-state index contributed by atoms with van der Waals surface area (Å²) >= 11 is 6.02. The highest BCUT2D eigenvalue weighted by atomic mass is 35.5. The standard InChI is InChI=1S/C18H13ClN4O4S/c1-26-15-10-20-16(19)9-14(15)23-13-4-3-12(8-11(13)2-5-18(23)24)28(25)22-17-6-7-27-21-17/h2-10H,1H3,(H,21,22). The topological polar surface area (TPSA) is 99.2 Å². The molecule has 0 amide bonds. The van der Waals surface area contributed by atoms with E-state index in [-0.39, 0.29) is 10.7 Å². The summed E-state index contributed by atoms with van der Waals surface area (Å²) in [7, 11) is -0.0631. The van der Waals surface area contributed by atoms with Gasteiger partial charge >= 0.3 is 0 Å². The summed E-state index contributed by atoms with van der Waals surface area (Å²) in [6.45, 7) is 0. The van der Waals surface area contributed by atoms with Crippen molar-refractivity contribution in [1.82, 2.24) is 14.7 Å². The molecule has 1 aromatic carbocycles. The number of halogens is 1. The van der Waals surface area contributed by atoms with Crippen LogP contribution < -0.4 is 15.0 Å². The summed E-state index contributed by atoms with van der Waals surface area (Å²) in [5.74, 6) is 0.763. The van der Waals surface area contributed by atoms with E-state index in [1.165, 1.54) is 30.2 Å². The van der Waals surface area contributed by atoms with Gasteiger partial charge in [-0.05, 0) is 24.3 Å². The smallest absolute Gasteiger partial charge is 0.255 e. The lowest BCUT2D eigenvalue weighted by molar-refractivity contribution is 0.411. The molecule has 0 radical (unpaired) electrons. The SMILES string of the molecule is COc1cnc(Cl)cc1-n1c(=O)ccc2cc(S(=O)Nc3ccon3)ccc21. The second-order valence-corrected chi connectivity index (χ2v) is 7.26. The summed E-state index contributed by atoms with van der Waals surface area (Å²) in [6.07, 6.45) is 2.83. The normalized spacial score (nSPS) is 12.1. The molecule has 0 saturated carbocycles. The van der Waals surface area contributed by atoms with Gasteiger partial charge in [0.25, 0.3) is 5.56 Å². The van der Waals surface area contributed by atoms with Crippen LogP contribution in [0.5, 0.6) is 5.75 Å². The number of hydrogen-bond donors (Lipinski definition) is 1. The van der Waals surface area contributed by atoms with Crippen molar-refractivity contribution in [3.63, 3.8) is 0 Å². The zero-order valence-corrected chi connectivity index (χ0v) is 16.0. The number of anilines is 1. The maximum atomic E-state index is 12.6. The van der Waals surface area contributed by atoms with Crippen LogP contribution in [0.4, 0.5) is 5.82 Å². The molecule has 0 aliphatic rings. The summed E-state index contributed by atoms with van der Waals surface area (Å²) < 4.78 is 26.8. The van der Waals surface area contributed by atoms with Gasteiger partial charge in [0.1, 0.15) is 11.4 Å². The lowest BCUT2D eigenvalue weighted by Gasteiger charge is -2.14. The highest BCUT2D eigenvalue weighted by Crippen LogP contribution is 2.27. The van der Waals surface area contributed by atoms with Gasteiger partial charge in [-0.1, -0.05) is 16.8 Å². The number of pyridine rings is 2. The molecule has 3 heterocycles. The van der Waals surface area contributed by atoms with Crippen molar-refractivity contribution >= 4 is 39.3 Å². The van der Waals surface area contributed by atoms with Gasteiger partial charge in [-0.2, -0.15) is 0 Å². The predicted octanol–water partition coefficient (Wildman–Crippen LogP) is 3.17. The van der Waals surface area contributed by atoms with Crippen molar-refractivity contribution in [2.24, 2.45) is 0 Å². The number of hydrogen-bond acceptors (Lipinski definition) is 6. The molecule has 1 N–H and O–H groups in total. The summed E-state index contributed by atoms with van der Waals surface area (Å²) in [4.78, 5) is 17.1. The Morgan fingerprint density at radius 2 is 2.07 bits per heavy atom. The van der Waals surface area contributed by atoms with E-state index in [0.717, 1.165) is 0 Å². The molecule has 0 saturated heterocycles. The van der Waals surface area contributed by atoms with Crippen molar-refractivity contribution in [3.8, 4) is 11.4 Å². The molecule has 1 unspecified atom stereocenters. The first-order valence-corrected chi connectivity index (χ1v) is 9.54. The molecule has 142 valence electrons. The first-order chi connectivity index (χ1) is 13.6. The largest absolute Gasteiger partial charge is 0.493 e. The molecule has 10 heteroatoms. The van der Waals surface area contributed by atoms with Crippen LogP contribution in [0.25, 0.3) is 16.6 Å². The fraction of sp³-hybridized carbons (Fsp3) is 0.0556. The molecule has 3 aromatic heterocycles. The molecule has 28 heavy (non-hydrogen) atoms. The van der Waals surface area contributed by atoms with Gasteiger partial charge in [-0.25, -0.2) is 9.19 Å². The zero-order chi connectivity index (χ0) is 19.7. The fourth-order valence-electron chi connectivity index (χ4n) is 2.75. The minimum atomic E-state index is -1.55. The molecule has 0 aliphatic carbocycles. The highest BCUT2D eigenvalue weighted by Gasteiger charge is 2.14. The van der Waals surface area contributed by atoms with Crippen molar-refractivity contribution in [3.05, 3.63) is 70.4 Å². The summed E-state index contributed by atoms with van der Waals surface area (Å²) in [5, 5.41) is 4.62. The minimum Gasteiger partial charge on any atom is -0.493 e. The van der Waals surface area contributed by atoms with E-state index in [1.807, 2.05) is 0 Å². The van der Waals surface area contributed by atoms with Crippen molar-refractivity contribution < 1.29 is 13.5 Å². The molecule has 4 aromatic rings. The molecular formula is C18H13ClN4O4S. The Balaban J connectivity index is 1.83. The van der Waals surface area contributed by atoms with Crippen LogP contribution in [-0.4, -0.2) is 26.0 Å². The van der Waals surface area contributed by atoms with Crippen LogP contribution in [0.2, 0.25) is 5.15 Å². The maximum absolute atomic E-state index is 12.6. The Morgan fingerprint density at radius 3 is 2.82 bits per heavy atom. The number of nitrogens with zero attached hydrogens (tertiary/aromatic N) is 3. The Morgan fingerprint density at radius 1 is 1.21 bits per heavy atom. The second kappa shape index (κ2) is 7.45. The Bertz CT molecular complexity index is 1240. The average molecular weight is 417 g/mol. The van der Waals surface area contributed by atoms with E-state index in [2.05, 4.69) is 14.9 Å². The second-order valence-electron chi connectivity index (χ2n) is 5.66. The van der Waals surface area contributed by atoms with Crippen molar-refractivity contribution in [1.29, 1.82) is 0 Å². The van der Waals surface area contributed by atoms with Crippen molar-refractivity contribution in [2.75, 3.05) is 11.8 Å². The van der Waals surface area contributed by atoms with Crippen LogP contribution in [0.15, 0.2) is 69.1 Å². The molecular weight excluding hydrogens is 404 g/mol. The number of fused-ring (bicyclic) bond motifs is 1. The van der Waals surface area contributed by atoms with Crippen LogP contribution in [-0.2, 0) is 11.0 Å². The summed E-state index contributed by atoms with van der Waals surface area (Å²) in [6, 6.07) is 11.3. The first kappa shape index (κ1) is 18.2.